The molecule has 0 rings (SSSR count). The van der Waals surface area contributed by atoms with Crippen LogP contribution in [0.1, 0.15) is 34.1 Å². The summed E-state index contributed by atoms with van der Waals surface area (Å²) in [5.41, 5.74) is -0.649. The summed E-state index contributed by atoms with van der Waals surface area (Å²) in [4.78, 5) is 22.1. The zero-order chi connectivity index (χ0) is 12.8. The molecule has 0 unspecified atom stereocenters. The van der Waals surface area contributed by atoms with Crippen molar-refractivity contribution in [1.29, 1.82) is 0 Å². The van der Waals surface area contributed by atoms with Crippen molar-refractivity contribution in [2.45, 2.75) is 45.8 Å². The number of alkyl carbamates (subject to hydrolysis) is 1. The fourth-order valence-electron chi connectivity index (χ4n) is 0.854. The molecule has 0 heterocycles. The van der Waals surface area contributed by atoms with E-state index in [1.54, 1.807) is 27.7 Å². The number of carbonyl (C=O) groups excluding carboxylic acids is 1. The van der Waals surface area contributed by atoms with Gasteiger partial charge in [-0.2, -0.15) is 0 Å². The molecule has 0 aliphatic heterocycles. The first kappa shape index (κ1) is 14.3. The quantitative estimate of drug-likeness (QED) is 0.714. The Labute approximate surface area is 95.2 Å². The van der Waals surface area contributed by atoms with Gasteiger partial charge in [-0.05, 0) is 27.7 Å². The third-order valence-electron chi connectivity index (χ3n) is 1.47. The van der Waals surface area contributed by atoms with Crippen molar-refractivity contribution < 1.29 is 19.4 Å². The number of carbonyl (C=O) groups is 2. The lowest BCUT2D eigenvalue weighted by Crippen LogP contribution is -2.43. The predicted octanol–water partition coefficient (Wildman–Crippen LogP) is 1.38. The lowest BCUT2D eigenvalue weighted by Gasteiger charge is -2.21. The summed E-state index contributed by atoms with van der Waals surface area (Å²) in [6, 6.07) is -1.04. The second-order valence-corrected chi connectivity index (χ2v) is 4.17. The smallest absolute Gasteiger partial charge is 0.408 e. The average Bonchev–Trinajstić information content (AvgIpc) is 2.08. The van der Waals surface area contributed by atoms with Gasteiger partial charge in [0.2, 0.25) is 0 Å². The van der Waals surface area contributed by atoms with E-state index >= 15 is 0 Å². The topological polar surface area (TPSA) is 75.6 Å². The molecule has 0 aliphatic rings. The maximum absolute atomic E-state index is 11.3. The van der Waals surface area contributed by atoms with Crippen LogP contribution in [-0.2, 0) is 9.53 Å². The minimum absolute atomic E-state index is 0.0606. The molecule has 90 valence electrons. The Balaban J connectivity index is 4.33. The molecule has 0 bridgehead atoms. The number of ether oxygens (including phenoxy) is 1. The normalized spacial score (nSPS) is 12.0. The van der Waals surface area contributed by atoms with E-state index in [9.17, 15) is 9.59 Å². The number of carboxylic acid groups (broad SMARTS) is 1. The average molecular weight is 227 g/mol. The molecule has 2 N–H and O–H groups in total. The van der Waals surface area contributed by atoms with Crippen LogP contribution < -0.4 is 5.32 Å². The standard InChI is InChI=1S/C11H17NO4/c1-5-6-7-8(9(13)14)12-10(15)16-11(2,3)4/h8H,7H2,1-4H3,(H,12,15)(H,13,14)/t8-/m0/s1. The third kappa shape index (κ3) is 6.71. The predicted molar refractivity (Wildman–Crippen MR) is 58.9 cm³/mol. The number of carboxylic acids is 1. The highest BCUT2D eigenvalue weighted by Crippen LogP contribution is 2.07. The SMILES string of the molecule is CC#CC[C@H](NC(=O)OC(C)(C)C)C(=O)O. The van der Waals surface area contributed by atoms with Gasteiger partial charge in [-0.1, -0.05) is 0 Å². The van der Waals surface area contributed by atoms with Crippen molar-refractivity contribution in [3.8, 4) is 11.8 Å². The first-order valence-corrected chi connectivity index (χ1v) is 4.88. The van der Waals surface area contributed by atoms with E-state index in [0.717, 1.165) is 0 Å². The highest BCUT2D eigenvalue weighted by molar-refractivity contribution is 5.80. The summed E-state index contributed by atoms with van der Waals surface area (Å²) >= 11 is 0. The Morgan fingerprint density at radius 1 is 1.44 bits per heavy atom. The van der Waals surface area contributed by atoms with Gasteiger partial charge < -0.3 is 15.2 Å². The molecule has 0 aromatic heterocycles. The Morgan fingerprint density at radius 3 is 2.38 bits per heavy atom. The van der Waals surface area contributed by atoms with E-state index in [0.29, 0.717) is 0 Å². The summed E-state index contributed by atoms with van der Waals surface area (Å²) in [5.74, 6) is 4.03. The van der Waals surface area contributed by atoms with Crippen LogP contribution in [0.3, 0.4) is 0 Å². The molecule has 1 amide bonds. The molecular formula is C11H17NO4. The van der Waals surface area contributed by atoms with Gasteiger partial charge in [0.05, 0.1) is 0 Å². The monoisotopic (exact) mass is 227 g/mol. The van der Waals surface area contributed by atoms with Gasteiger partial charge in [0.15, 0.2) is 0 Å². The summed E-state index contributed by atoms with van der Waals surface area (Å²) < 4.78 is 4.94. The molecule has 1 atom stereocenters. The Hall–Kier alpha value is -1.70. The number of nitrogens with one attached hydrogen (secondary N) is 1. The molecule has 0 aromatic carbocycles. The van der Waals surface area contributed by atoms with E-state index in [1.165, 1.54) is 0 Å². The van der Waals surface area contributed by atoms with E-state index in [-0.39, 0.29) is 6.42 Å². The molecule has 0 radical (unpaired) electrons. The van der Waals surface area contributed by atoms with Crippen molar-refractivity contribution in [2.24, 2.45) is 0 Å². The fraction of sp³-hybridized carbons (Fsp3) is 0.636. The largest absolute Gasteiger partial charge is 0.480 e. The number of hydrogen-bond acceptors (Lipinski definition) is 3. The maximum atomic E-state index is 11.3. The number of rotatable bonds is 3. The van der Waals surface area contributed by atoms with Crippen LogP contribution in [0, 0.1) is 11.8 Å². The van der Waals surface area contributed by atoms with Gasteiger partial charge in [0, 0.05) is 6.42 Å². The number of aliphatic carboxylic acids is 1. The third-order valence-corrected chi connectivity index (χ3v) is 1.47. The molecule has 16 heavy (non-hydrogen) atoms. The lowest BCUT2D eigenvalue weighted by molar-refractivity contribution is -0.139. The van der Waals surface area contributed by atoms with Crippen molar-refractivity contribution in [2.75, 3.05) is 0 Å². The summed E-state index contributed by atoms with van der Waals surface area (Å²) in [5, 5.41) is 11.1. The van der Waals surface area contributed by atoms with E-state index in [4.69, 9.17) is 9.84 Å². The zero-order valence-corrected chi connectivity index (χ0v) is 9.96. The van der Waals surface area contributed by atoms with Gasteiger partial charge in [-0.15, -0.1) is 11.8 Å². The van der Waals surface area contributed by atoms with Crippen molar-refractivity contribution in [1.82, 2.24) is 5.32 Å². The lowest BCUT2D eigenvalue weighted by atomic mass is 10.2. The van der Waals surface area contributed by atoms with Crippen LogP contribution in [0.5, 0.6) is 0 Å². The summed E-state index contributed by atoms with van der Waals surface area (Å²) in [6.45, 7) is 6.71. The van der Waals surface area contributed by atoms with Crippen LogP contribution in [0.2, 0.25) is 0 Å². The molecule has 0 fully saturated rings. The number of hydrogen-bond donors (Lipinski definition) is 2. The minimum atomic E-state index is -1.13. The second kappa shape index (κ2) is 6.01. The Morgan fingerprint density at radius 2 is 2.00 bits per heavy atom. The first-order chi connectivity index (χ1) is 7.26. The van der Waals surface area contributed by atoms with Gasteiger partial charge in [0.1, 0.15) is 11.6 Å². The van der Waals surface area contributed by atoms with Gasteiger partial charge in [0.25, 0.3) is 0 Å². The van der Waals surface area contributed by atoms with Crippen LogP contribution in [0.15, 0.2) is 0 Å². The molecule has 0 aromatic rings. The van der Waals surface area contributed by atoms with Gasteiger partial charge in [-0.3, -0.25) is 0 Å². The second-order valence-electron chi connectivity index (χ2n) is 4.17. The molecule has 0 saturated carbocycles. The molecule has 0 aliphatic carbocycles. The maximum Gasteiger partial charge on any atom is 0.408 e. The molecule has 5 nitrogen and oxygen atoms in total. The van der Waals surface area contributed by atoms with Crippen LogP contribution >= 0.6 is 0 Å². The van der Waals surface area contributed by atoms with Crippen LogP contribution in [-0.4, -0.2) is 28.8 Å². The van der Waals surface area contributed by atoms with Crippen molar-refractivity contribution in [3.63, 3.8) is 0 Å². The zero-order valence-electron chi connectivity index (χ0n) is 9.96. The fourth-order valence-corrected chi connectivity index (χ4v) is 0.854. The highest BCUT2D eigenvalue weighted by atomic mass is 16.6. The van der Waals surface area contributed by atoms with Crippen molar-refractivity contribution >= 4 is 12.1 Å². The van der Waals surface area contributed by atoms with Gasteiger partial charge in [-0.25, -0.2) is 9.59 Å². The van der Waals surface area contributed by atoms with Gasteiger partial charge >= 0.3 is 12.1 Å². The number of amides is 1. The van der Waals surface area contributed by atoms with E-state index in [1.807, 2.05) is 0 Å². The van der Waals surface area contributed by atoms with E-state index < -0.39 is 23.7 Å². The first-order valence-electron chi connectivity index (χ1n) is 4.88. The summed E-state index contributed by atoms with van der Waals surface area (Å²) in [6.07, 6.45) is -0.691. The molecular weight excluding hydrogens is 210 g/mol. The minimum Gasteiger partial charge on any atom is -0.480 e. The highest BCUT2D eigenvalue weighted by Gasteiger charge is 2.22. The Kier molecular flexibility index (Phi) is 5.37. The van der Waals surface area contributed by atoms with Crippen LogP contribution in [0.25, 0.3) is 0 Å². The van der Waals surface area contributed by atoms with Crippen molar-refractivity contribution in [3.05, 3.63) is 0 Å². The molecule has 5 heteroatoms. The molecule has 0 spiro atoms. The Bertz CT molecular complexity index is 319. The molecule has 0 saturated heterocycles. The van der Waals surface area contributed by atoms with Crippen LogP contribution in [0.4, 0.5) is 4.79 Å². The summed E-state index contributed by atoms with van der Waals surface area (Å²) in [7, 11) is 0. The van der Waals surface area contributed by atoms with E-state index in [2.05, 4.69) is 17.2 Å².